The molecule has 0 spiro atoms. The molecule has 0 bridgehead atoms. The molecule has 3 rings (SSSR count). The fourth-order valence-electron chi connectivity index (χ4n) is 2.16. The Hall–Kier alpha value is -2.15. The number of sulfone groups is 1. The number of ether oxygens (including phenoxy) is 2. The third-order valence-corrected chi connectivity index (χ3v) is 4.86. The molecule has 2 aromatic rings. The molecule has 1 aliphatic rings. The van der Waals surface area contributed by atoms with Crippen LogP contribution in [-0.4, -0.2) is 14.5 Å². The van der Waals surface area contributed by atoms with Crippen LogP contribution >= 0.6 is 0 Å². The molecule has 0 saturated carbocycles. The van der Waals surface area contributed by atoms with Gasteiger partial charge in [-0.05, 0) is 32.0 Å². The molecule has 0 amide bonds. The van der Waals surface area contributed by atoms with E-state index < -0.39 is 21.5 Å². The lowest BCUT2D eigenvalue weighted by Gasteiger charge is -2.21. The van der Waals surface area contributed by atoms with Gasteiger partial charge in [-0.25, -0.2) is 17.2 Å². The molecular formula is C15H12F2O4S. The van der Waals surface area contributed by atoms with Crippen molar-refractivity contribution >= 4 is 9.84 Å². The van der Waals surface area contributed by atoms with Crippen LogP contribution in [-0.2, 0) is 9.84 Å². The summed E-state index contributed by atoms with van der Waals surface area (Å²) in [6, 6.07) is 5.18. The zero-order chi connectivity index (χ0) is 16.1. The highest BCUT2D eigenvalue weighted by Crippen LogP contribution is 2.44. The second kappa shape index (κ2) is 4.95. The van der Waals surface area contributed by atoms with Gasteiger partial charge < -0.3 is 9.47 Å². The average molecular weight is 326 g/mol. The number of benzene rings is 2. The lowest BCUT2D eigenvalue weighted by atomic mass is 10.3. The van der Waals surface area contributed by atoms with E-state index in [0.717, 1.165) is 18.2 Å². The van der Waals surface area contributed by atoms with E-state index in [4.69, 9.17) is 9.47 Å². The standard InChI is InChI=1S/C15H12F2O4S/c1-8(2)20-12-7-13-15(6-10(12)17)22(18,19)14-5-9(16)3-4-11(14)21-13/h3-8H,1-2H3. The first kappa shape index (κ1) is 14.8. The average Bonchev–Trinajstić information content (AvgIpc) is 2.42. The van der Waals surface area contributed by atoms with Crippen molar-refractivity contribution < 1.29 is 26.7 Å². The first-order valence-corrected chi connectivity index (χ1v) is 8.00. The number of hydrogen-bond acceptors (Lipinski definition) is 4. The quantitative estimate of drug-likeness (QED) is 0.721. The van der Waals surface area contributed by atoms with E-state index in [1.807, 2.05) is 0 Å². The SMILES string of the molecule is CC(C)Oc1cc2c(cc1F)S(=O)(=O)c1cc(F)ccc1O2. The molecule has 7 heteroatoms. The summed E-state index contributed by atoms with van der Waals surface area (Å²) < 4.78 is 63.0. The van der Waals surface area contributed by atoms with Crippen LogP contribution in [0.2, 0.25) is 0 Å². The van der Waals surface area contributed by atoms with E-state index in [9.17, 15) is 17.2 Å². The summed E-state index contributed by atoms with van der Waals surface area (Å²) in [5, 5.41) is 0. The largest absolute Gasteiger partial charge is 0.488 e. The maximum atomic E-state index is 14.0. The van der Waals surface area contributed by atoms with Crippen LogP contribution in [0.3, 0.4) is 0 Å². The normalized spacial score (nSPS) is 15.0. The highest BCUT2D eigenvalue weighted by atomic mass is 32.2. The van der Waals surface area contributed by atoms with Crippen LogP contribution in [0.25, 0.3) is 0 Å². The van der Waals surface area contributed by atoms with Gasteiger partial charge in [0.2, 0.25) is 9.84 Å². The van der Waals surface area contributed by atoms with Gasteiger partial charge in [0.1, 0.15) is 27.1 Å². The lowest BCUT2D eigenvalue weighted by molar-refractivity contribution is 0.229. The second-order valence-electron chi connectivity index (χ2n) is 5.09. The summed E-state index contributed by atoms with van der Waals surface area (Å²) in [6.45, 7) is 3.43. The van der Waals surface area contributed by atoms with Gasteiger partial charge in [0.15, 0.2) is 11.6 Å². The highest BCUT2D eigenvalue weighted by molar-refractivity contribution is 7.91. The maximum Gasteiger partial charge on any atom is 0.214 e. The van der Waals surface area contributed by atoms with Gasteiger partial charge in [-0.2, -0.15) is 0 Å². The van der Waals surface area contributed by atoms with Crippen molar-refractivity contribution in [1.29, 1.82) is 0 Å². The Bertz CT molecular complexity index is 860. The topological polar surface area (TPSA) is 52.6 Å². The molecule has 0 aliphatic carbocycles. The van der Waals surface area contributed by atoms with Crippen LogP contribution in [0.4, 0.5) is 8.78 Å². The zero-order valence-corrected chi connectivity index (χ0v) is 12.6. The summed E-state index contributed by atoms with van der Waals surface area (Å²) in [4.78, 5) is -0.670. The number of halogens is 2. The Morgan fingerprint density at radius 2 is 1.73 bits per heavy atom. The van der Waals surface area contributed by atoms with Gasteiger partial charge in [-0.15, -0.1) is 0 Å². The number of fused-ring (bicyclic) bond motifs is 2. The summed E-state index contributed by atoms with van der Waals surface area (Å²) in [5.41, 5.74) is 0. The van der Waals surface area contributed by atoms with E-state index >= 15 is 0 Å². The van der Waals surface area contributed by atoms with Crippen LogP contribution in [0.1, 0.15) is 13.8 Å². The first-order chi connectivity index (χ1) is 10.3. The maximum absolute atomic E-state index is 14.0. The Balaban J connectivity index is 2.20. The van der Waals surface area contributed by atoms with Crippen molar-refractivity contribution in [3.05, 3.63) is 42.0 Å². The van der Waals surface area contributed by atoms with Crippen LogP contribution < -0.4 is 9.47 Å². The van der Waals surface area contributed by atoms with Gasteiger partial charge in [0.05, 0.1) is 6.10 Å². The minimum Gasteiger partial charge on any atom is -0.488 e. The molecule has 2 aromatic carbocycles. The Morgan fingerprint density at radius 1 is 1.05 bits per heavy atom. The molecule has 116 valence electrons. The van der Waals surface area contributed by atoms with Crippen LogP contribution in [0, 0.1) is 11.6 Å². The summed E-state index contributed by atoms with van der Waals surface area (Å²) in [5.74, 6) is -1.68. The van der Waals surface area contributed by atoms with Gasteiger partial charge in [0, 0.05) is 12.1 Å². The number of hydrogen-bond donors (Lipinski definition) is 0. The molecule has 0 atom stereocenters. The molecule has 22 heavy (non-hydrogen) atoms. The van der Waals surface area contributed by atoms with Gasteiger partial charge in [-0.1, -0.05) is 0 Å². The first-order valence-electron chi connectivity index (χ1n) is 6.52. The van der Waals surface area contributed by atoms with Gasteiger partial charge >= 0.3 is 0 Å². The Labute approximate surface area is 126 Å². The van der Waals surface area contributed by atoms with Crippen molar-refractivity contribution in [2.45, 2.75) is 29.7 Å². The molecule has 0 saturated heterocycles. The van der Waals surface area contributed by atoms with Crippen molar-refractivity contribution in [3.63, 3.8) is 0 Å². The molecule has 0 radical (unpaired) electrons. The highest BCUT2D eigenvalue weighted by Gasteiger charge is 2.33. The summed E-state index contributed by atoms with van der Waals surface area (Å²) in [7, 11) is -4.05. The summed E-state index contributed by atoms with van der Waals surface area (Å²) >= 11 is 0. The molecule has 0 fully saturated rings. The van der Waals surface area contributed by atoms with Crippen LogP contribution in [0.15, 0.2) is 40.1 Å². The third-order valence-electron chi connectivity index (χ3n) is 3.07. The van der Waals surface area contributed by atoms with Crippen molar-refractivity contribution in [2.24, 2.45) is 0 Å². The fraction of sp³-hybridized carbons (Fsp3) is 0.200. The monoisotopic (exact) mass is 326 g/mol. The van der Waals surface area contributed by atoms with E-state index in [0.29, 0.717) is 0 Å². The van der Waals surface area contributed by atoms with E-state index in [1.54, 1.807) is 13.8 Å². The summed E-state index contributed by atoms with van der Waals surface area (Å²) in [6.07, 6.45) is -0.283. The molecule has 1 heterocycles. The molecule has 1 aliphatic heterocycles. The van der Waals surface area contributed by atoms with Gasteiger partial charge in [0.25, 0.3) is 0 Å². The van der Waals surface area contributed by atoms with Crippen molar-refractivity contribution in [1.82, 2.24) is 0 Å². The van der Waals surface area contributed by atoms with E-state index in [-0.39, 0.29) is 33.1 Å². The molecule has 4 nitrogen and oxygen atoms in total. The van der Waals surface area contributed by atoms with Gasteiger partial charge in [-0.3, -0.25) is 0 Å². The van der Waals surface area contributed by atoms with E-state index in [2.05, 4.69) is 0 Å². The molecule has 0 N–H and O–H groups in total. The smallest absolute Gasteiger partial charge is 0.214 e. The van der Waals surface area contributed by atoms with Crippen LogP contribution in [0.5, 0.6) is 17.2 Å². The lowest BCUT2D eigenvalue weighted by Crippen LogP contribution is -2.13. The van der Waals surface area contributed by atoms with Crippen molar-refractivity contribution in [3.8, 4) is 17.2 Å². The number of rotatable bonds is 2. The molecular weight excluding hydrogens is 314 g/mol. The molecule has 0 unspecified atom stereocenters. The second-order valence-corrected chi connectivity index (χ2v) is 6.98. The minimum absolute atomic E-state index is 0.00370. The van der Waals surface area contributed by atoms with Crippen molar-refractivity contribution in [2.75, 3.05) is 0 Å². The fourth-order valence-corrected chi connectivity index (χ4v) is 3.67. The minimum atomic E-state index is -4.05. The predicted molar refractivity (Wildman–Crippen MR) is 74.1 cm³/mol. The zero-order valence-electron chi connectivity index (χ0n) is 11.8. The Kier molecular flexibility index (Phi) is 3.32. The predicted octanol–water partition coefficient (Wildman–Crippen LogP) is 3.69. The Morgan fingerprint density at radius 3 is 2.41 bits per heavy atom. The molecule has 0 aromatic heterocycles. The van der Waals surface area contributed by atoms with E-state index in [1.165, 1.54) is 12.1 Å². The third kappa shape index (κ3) is 2.31.